The van der Waals surface area contributed by atoms with Crippen LogP contribution >= 0.6 is 0 Å². The first-order valence-electron chi connectivity index (χ1n) is 11.6. The lowest BCUT2D eigenvalue weighted by atomic mass is 10.1. The summed E-state index contributed by atoms with van der Waals surface area (Å²) < 4.78 is 3.85. The van der Waals surface area contributed by atoms with E-state index in [4.69, 9.17) is 15.1 Å². The molecule has 6 aromatic rings. The third kappa shape index (κ3) is 3.67. The van der Waals surface area contributed by atoms with Crippen LogP contribution in [0.2, 0.25) is 0 Å². The van der Waals surface area contributed by atoms with Gasteiger partial charge in [0.15, 0.2) is 11.5 Å². The van der Waals surface area contributed by atoms with Crippen molar-refractivity contribution in [2.75, 3.05) is 11.9 Å². The van der Waals surface area contributed by atoms with E-state index in [1.165, 1.54) is 10.9 Å². The summed E-state index contributed by atoms with van der Waals surface area (Å²) in [6.07, 6.45) is 3.66. The standard InChI is InChI=1S/C26H26N8/c1-17-15-18(2)33(31-17)14-12-24-30-25-21-8-4-6-10-23(21)29-26(34(25)32-24)27-13-11-19-16-28-22-9-5-3-7-20(19)22/h3-10,15-16,28H,11-14H2,1-2H3,(H,27,29). The van der Waals surface area contributed by atoms with E-state index in [1.807, 2.05) is 46.5 Å². The van der Waals surface area contributed by atoms with Crippen LogP contribution in [0, 0.1) is 13.8 Å². The van der Waals surface area contributed by atoms with Gasteiger partial charge in [-0.3, -0.25) is 4.68 Å². The lowest BCUT2D eigenvalue weighted by molar-refractivity contribution is 0.581. The number of nitrogens with zero attached hydrogens (tertiary/aromatic N) is 6. The van der Waals surface area contributed by atoms with Gasteiger partial charge in [-0.05, 0) is 50.1 Å². The van der Waals surface area contributed by atoms with Gasteiger partial charge in [0, 0.05) is 47.7 Å². The third-order valence-corrected chi connectivity index (χ3v) is 6.23. The fourth-order valence-corrected chi connectivity index (χ4v) is 4.57. The van der Waals surface area contributed by atoms with Gasteiger partial charge in [0.1, 0.15) is 0 Å². The second-order valence-corrected chi connectivity index (χ2v) is 8.65. The molecule has 0 unspecified atom stereocenters. The number of hydrogen-bond donors (Lipinski definition) is 2. The highest BCUT2D eigenvalue weighted by atomic mass is 15.4. The van der Waals surface area contributed by atoms with Gasteiger partial charge < -0.3 is 10.3 Å². The van der Waals surface area contributed by atoms with Crippen molar-refractivity contribution < 1.29 is 0 Å². The van der Waals surface area contributed by atoms with E-state index in [2.05, 4.69) is 52.8 Å². The van der Waals surface area contributed by atoms with Crippen molar-refractivity contribution in [3.05, 3.63) is 83.6 Å². The van der Waals surface area contributed by atoms with Crippen molar-refractivity contribution in [3.8, 4) is 0 Å². The summed E-state index contributed by atoms with van der Waals surface area (Å²) in [5, 5.41) is 15.1. The average molecular weight is 451 g/mol. The molecule has 34 heavy (non-hydrogen) atoms. The molecule has 2 aromatic carbocycles. The summed E-state index contributed by atoms with van der Waals surface area (Å²) in [4.78, 5) is 13.1. The van der Waals surface area contributed by atoms with Crippen molar-refractivity contribution in [2.24, 2.45) is 0 Å². The number of rotatable bonds is 7. The van der Waals surface area contributed by atoms with Crippen LogP contribution in [0.3, 0.4) is 0 Å². The first-order valence-corrected chi connectivity index (χ1v) is 11.6. The number of fused-ring (bicyclic) bond motifs is 4. The van der Waals surface area contributed by atoms with Crippen molar-refractivity contribution in [1.82, 2.24) is 34.3 Å². The molecule has 0 aliphatic heterocycles. The number of benzene rings is 2. The number of aromatic nitrogens is 7. The van der Waals surface area contributed by atoms with Gasteiger partial charge in [0.25, 0.3) is 0 Å². The Labute approximate surface area is 196 Å². The Morgan fingerprint density at radius 1 is 0.912 bits per heavy atom. The first kappa shape index (κ1) is 20.4. The molecule has 4 aromatic heterocycles. The molecular formula is C26H26N8. The predicted octanol–water partition coefficient (Wildman–Crippen LogP) is 4.47. The second kappa shape index (κ2) is 8.30. The first-order chi connectivity index (χ1) is 16.7. The maximum absolute atomic E-state index is 4.88. The molecule has 0 fully saturated rings. The molecule has 8 heteroatoms. The van der Waals surface area contributed by atoms with Gasteiger partial charge in [-0.25, -0.2) is 9.97 Å². The molecular weight excluding hydrogens is 424 g/mol. The monoisotopic (exact) mass is 450 g/mol. The minimum atomic E-state index is 0.701. The lowest BCUT2D eigenvalue weighted by Crippen LogP contribution is -2.11. The highest BCUT2D eigenvalue weighted by Crippen LogP contribution is 2.22. The molecule has 0 saturated carbocycles. The van der Waals surface area contributed by atoms with Gasteiger partial charge in [-0.2, -0.15) is 9.61 Å². The van der Waals surface area contributed by atoms with Crippen LogP contribution in [0.25, 0.3) is 27.5 Å². The van der Waals surface area contributed by atoms with Crippen molar-refractivity contribution in [2.45, 2.75) is 33.2 Å². The topological polar surface area (TPSA) is 88.7 Å². The fourth-order valence-electron chi connectivity index (χ4n) is 4.57. The average Bonchev–Trinajstić information content (AvgIpc) is 3.54. The molecule has 0 amide bonds. The van der Waals surface area contributed by atoms with Crippen molar-refractivity contribution >= 4 is 33.4 Å². The summed E-state index contributed by atoms with van der Waals surface area (Å²) in [6, 6.07) is 18.5. The predicted molar refractivity (Wildman–Crippen MR) is 134 cm³/mol. The van der Waals surface area contributed by atoms with E-state index in [0.29, 0.717) is 12.4 Å². The zero-order chi connectivity index (χ0) is 23.1. The van der Waals surface area contributed by atoms with E-state index in [-0.39, 0.29) is 0 Å². The third-order valence-electron chi connectivity index (χ3n) is 6.23. The molecule has 0 spiro atoms. The van der Waals surface area contributed by atoms with Gasteiger partial charge >= 0.3 is 0 Å². The van der Waals surface area contributed by atoms with Crippen LogP contribution < -0.4 is 5.32 Å². The molecule has 6 rings (SSSR count). The van der Waals surface area contributed by atoms with Crippen LogP contribution in [0.5, 0.6) is 0 Å². The highest BCUT2D eigenvalue weighted by Gasteiger charge is 2.14. The maximum Gasteiger partial charge on any atom is 0.226 e. The number of anilines is 1. The Balaban J connectivity index is 1.28. The van der Waals surface area contributed by atoms with Gasteiger partial charge in [-0.1, -0.05) is 30.3 Å². The van der Waals surface area contributed by atoms with E-state index < -0.39 is 0 Å². The number of nitrogens with one attached hydrogen (secondary N) is 2. The minimum Gasteiger partial charge on any atom is -0.361 e. The number of aromatic amines is 1. The second-order valence-electron chi connectivity index (χ2n) is 8.65. The number of aryl methyl sites for hydroxylation is 4. The molecule has 4 heterocycles. The number of hydrogen-bond acceptors (Lipinski definition) is 5. The summed E-state index contributed by atoms with van der Waals surface area (Å²) in [5.41, 5.74) is 6.34. The number of H-pyrrole nitrogens is 1. The van der Waals surface area contributed by atoms with E-state index in [0.717, 1.165) is 58.8 Å². The zero-order valence-corrected chi connectivity index (χ0v) is 19.3. The van der Waals surface area contributed by atoms with E-state index >= 15 is 0 Å². The SMILES string of the molecule is Cc1cc(C)n(CCc2nc3c4ccccc4nc(NCCc4c[nH]c5ccccc45)n3n2)n1. The largest absolute Gasteiger partial charge is 0.361 e. The fraction of sp³-hybridized carbons (Fsp3) is 0.231. The number of para-hydroxylation sites is 2. The summed E-state index contributed by atoms with van der Waals surface area (Å²) in [6.45, 7) is 5.57. The smallest absolute Gasteiger partial charge is 0.226 e. The molecule has 0 bridgehead atoms. The van der Waals surface area contributed by atoms with Gasteiger partial charge in [-0.15, -0.1) is 5.10 Å². The molecule has 0 aliphatic rings. The molecule has 2 N–H and O–H groups in total. The maximum atomic E-state index is 4.88. The van der Waals surface area contributed by atoms with E-state index in [9.17, 15) is 0 Å². The normalized spacial score (nSPS) is 11.7. The quantitative estimate of drug-likeness (QED) is 0.375. The van der Waals surface area contributed by atoms with Gasteiger partial charge in [0.2, 0.25) is 5.95 Å². The Bertz CT molecular complexity index is 1620. The molecule has 0 radical (unpaired) electrons. The van der Waals surface area contributed by atoms with Crippen LogP contribution in [0.4, 0.5) is 5.95 Å². The van der Waals surface area contributed by atoms with Crippen LogP contribution in [-0.2, 0) is 19.4 Å². The minimum absolute atomic E-state index is 0.701. The van der Waals surface area contributed by atoms with Crippen molar-refractivity contribution in [1.29, 1.82) is 0 Å². The molecule has 0 atom stereocenters. The van der Waals surface area contributed by atoms with Gasteiger partial charge in [0.05, 0.1) is 11.2 Å². The zero-order valence-electron chi connectivity index (χ0n) is 19.3. The Hall–Kier alpha value is -4.20. The molecule has 170 valence electrons. The lowest BCUT2D eigenvalue weighted by Gasteiger charge is -2.08. The van der Waals surface area contributed by atoms with Crippen LogP contribution in [0.15, 0.2) is 60.8 Å². The molecule has 0 saturated heterocycles. The van der Waals surface area contributed by atoms with Crippen LogP contribution in [-0.4, -0.2) is 40.9 Å². The summed E-state index contributed by atoms with van der Waals surface area (Å²) in [5.74, 6) is 1.49. The highest BCUT2D eigenvalue weighted by molar-refractivity contribution is 5.92. The Morgan fingerprint density at radius 3 is 2.59 bits per heavy atom. The van der Waals surface area contributed by atoms with Crippen molar-refractivity contribution in [3.63, 3.8) is 0 Å². The molecule has 0 aliphatic carbocycles. The molecule has 8 nitrogen and oxygen atoms in total. The Morgan fingerprint density at radius 2 is 1.74 bits per heavy atom. The summed E-state index contributed by atoms with van der Waals surface area (Å²) in [7, 11) is 0. The van der Waals surface area contributed by atoms with Crippen LogP contribution in [0.1, 0.15) is 22.8 Å². The summed E-state index contributed by atoms with van der Waals surface area (Å²) >= 11 is 0. The van der Waals surface area contributed by atoms with E-state index in [1.54, 1.807) is 0 Å². The Kier molecular flexibility index (Phi) is 4.98.